The molecule has 170 valence electrons. The molecule has 0 aliphatic carbocycles. The minimum absolute atomic E-state index is 0.0259. The van der Waals surface area contributed by atoms with Gasteiger partial charge in [-0.2, -0.15) is 0 Å². The SMILES string of the molecule is CC(C)(O)COc1ncc(-n2ccnc(Sc3ccc(OC(F)(F)F)cc3)c2=O)cc1Cl. The van der Waals surface area contributed by atoms with Crippen molar-refractivity contribution in [1.82, 2.24) is 14.5 Å². The monoisotopic (exact) mass is 487 g/mol. The maximum absolute atomic E-state index is 12.9. The molecule has 0 unspecified atom stereocenters. The van der Waals surface area contributed by atoms with Crippen molar-refractivity contribution in [2.45, 2.75) is 35.7 Å². The Balaban J connectivity index is 1.80. The lowest BCUT2D eigenvalue weighted by molar-refractivity contribution is -0.274. The molecule has 7 nitrogen and oxygen atoms in total. The highest BCUT2D eigenvalue weighted by Gasteiger charge is 2.31. The van der Waals surface area contributed by atoms with Gasteiger partial charge in [-0.1, -0.05) is 23.4 Å². The average molecular weight is 488 g/mol. The lowest BCUT2D eigenvalue weighted by atomic mass is 10.2. The van der Waals surface area contributed by atoms with E-state index in [1.165, 1.54) is 41.4 Å². The number of hydrogen-bond donors (Lipinski definition) is 1. The van der Waals surface area contributed by atoms with Crippen molar-refractivity contribution >= 4 is 23.4 Å². The van der Waals surface area contributed by atoms with Crippen LogP contribution >= 0.6 is 23.4 Å². The van der Waals surface area contributed by atoms with Crippen molar-refractivity contribution in [2.75, 3.05) is 6.61 Å². The molecule has 0 fully saturated rings. The van der Waals surface area contributed by atoms with Gasteiger partial charge in [0.05, 0.1) is 17.5 Å². The number of alkyl halides is 3. The van der Waals surface area contributed by atoms with E-state index in [1.54, 1.807) is 13.8 Å². The van der Waals surface area contributed by atoms with Gasteiger partial charge in [0.1, 0.15) is 17.4 Å². The predicted molar refractivity (Wildman–Crippen MR) is 112 cm³/mol. The van der Waals surface area contributed by atoms with Crippen LogP contribution in [0.2, 0.25) is 5.02 Å². The molecule has 1 aromatic carbocycles. The minimum Gasteiger partial charge on any atom is -0.474 e. The number of aliphatic hydroxyl groups is 1. The van der Waals surface area contributed by atoms with Gasteiger partial charge in [-0.25, -0.2) is 9.97 Å². The molecule has 0 saturated heterocycles. The molecule has 0 bridgehead atoms. The van der Waals surface area contributed by atoms with E-state index in [0.717, 1.165) is 23.9 Å². The van der Waals surface area contributed by atoms with Crippen molar-refractivity contribution in [3.05, 3.63) is 64.3 Å². The summed E-state index contributed by atoms with van der Waals surface area (Å²) in [7, 11) is 0. The Bertz CT molecular complexity index is 1150. The Hall–Kier alpha value is -2.76. The first-order valence-electron chi connectivity index (χ1n) is 9.04. The lowest BCUT2D eigenvalue weighted by Crippen LogP contribution is -2.28. The zero-order valence-electron chi connectivity index (χ0n) is 16.8. The van der Waals surface area contributed by atoms with Gasteiger partial charge < -0.3 is 14.6 Å². The molecule has 3 aromatic rings. The van der Waals surface area contributed by atoms with Crippen molar-refractivity contribution in [3.8, 4) is 17.3 Å². The van der Waals surface area contributed by atoms with Gasteiger partial charge in [-0.3, -0.25) is 9.36 Å². The first-order valence-corrected chi connectivity index (χ1v) is 10.2. The number of hydrogen-bond acceptors (Lipinski definition) is 7. The van der Waals surface area contributed by atoms with E-state index >= 15 is 0 Å². The zero-order chi connectivity index (χ0) is 23.5. The van der Waals surface area contributed by atoms with Gasteiger partial charge in [0.2, 0.25) is 5.88 Å². The van der Waals surface area contributed by atoms with E-state index in [2.05, 4.69) is 14.7 Å². The standard InChI is InChI=1S/C20H17ClF3N3O4S/c1-19(2,29)11-30-16-15(21)9-12(10-26-16)27-8-7-25-17(18(27)28)32-14-5-3-13(4-6-14)31-20(22,23)24/h3-10,29H,11H2,1-2H3. The zero-order valence-corrected chi connectivity index (χ0v) is 18.3. The fraction of sp³-hybridized carbons (Fsp3) is 0.250. The first-order chi connectivity index (χ1) is 14.9. The quantitative estimate of drug-likeness (QED) is 0.525. The third kappa shape index (κ3) is 6.62. The number of halogens is 4. The van der Waals surface area contributed by atoms with Crippen LogP contribution in [0.5, 0.6) is 11.6 Å². The summed E-state index contributed by atoms with van der Waals surface area (Å²) in [6.45, 7) is 3.12. The third-order valence-electron chi connectivity index (χ3n) is 3.71. The summed E-state index contributed by atoms with van der Waals surface area (Å²) in [5, 5.41) is 9.98. The molecule has 0 aliphatic heterocycles. The average Bonchev–Trinajstić information content (AvgIpc) is 2.68. The Morgan fingerprint density at radius 2 is 1.88 bits per heavy atom. The summed E-state index contributed by atoms with van der Waals surface area (Å²) in [6.07, 6.45) is -0.576. The van der Waals surface area contributed by atoms with Crippen molar-refractivity contribution < 1.29 is 27.8 Å². The minimum atomic E-state index is -4.78. The highest BCUT2D eigenvalue weighted by molar-refractivity contribution is 7.99. The molecule has 32 heavy (non-hydrogen) atoms. The van der Waals surface area contributed by atoms with E-state index < -0.39 is 17.5 Å². The number of benzene rings is 1. The molecule has 0 spiro atoms. The van der Waals surface area contributed by atoms with E-state index in [1.807, 2.05) is 0 Å². The Morgan fingerprint density at radius 3 is 2.47 bits per heavy atom. The molecule has 3 rings (SSSR count). The second-order valence-electron chi connectivity index (χ2n) is 7.11. The maximum Gasteiger partial charge on any atom is 0.573 e. The van der Waals surface area contributed by atoms with Gasteiger partial charge in [-0.05, 0) is 44.2 Å². The van der Waals surface area contributed by atoms with Gasteiger partial charge in [0.15, 0.2) is 5.03 Å². The Morgan fingerprint density at radius 1 is 1.19 bits per heavy atom. The van der Waals surface area contributed by atoms with Crippen LogP contribution in [-0.4, -0.2) is 38.2 Å². The van der Waals surface area contributed by atoms with E-state index in [0.29, 0.717) is 10.6 Å². The van der Waals surface area contributed by atoms with Crippen molar-refractivity contribution in [3.63, 3.8) is 0 Å². The molecule has 2 heterocycles. The summed E-state index contributed by atoms with van der Waals surface area (Å²) in [4.78, 5) is 21.5. The predicted octanol–water partition coefficient (Wildman–Crippen LogP) is 4.48. The molecule has 0 amide bonds. The van der Waals surface area contributed by atoms with Gasteiger partial charge >= 0.3 is 6.36 Å². The molecular weight excluding hydrogens is 471 g/mol. The fourth-order valence-corrected chi connectivity index (χ4v) is 3.40. The molecule has 2 aromatic heterocycles. The van der Waals surface area contributed by atoms with Crippen LogP contribution in [-0.2, 0) is 0 Å². The van der Waals surface area contributed by atoms with Gasteiger partial charge in [-0.15, -0.1) is 13.2 Å². The smallest absolute Gasteiger partial charge is 0.474 e. The molecule has 12 heteroatoms. The van der Waals surface area contributed by atoms with Crippen LogP contribution in [0, 0.1) is 0 Å². The highest BCUT2D eigenvalue weighted by Crippen LogP contribution is 2.29. The molecule has 0 saturated carbocycles. The molecule has 0 atom stereocenters. The van der Waals surface area contributed by atoms with Crippen LogP contribution < -0.4 is 15.0 Å². The van der Waals surface area contributed by atoms with Crippen molar-refractivity contribution in [1.29, 1.82) is 0 Å². The topological polar surface area (TPSA) is 86.5 Å². The first kappa shape index (κ1) is 23.9. The molecule has 0 radical (unpaired) electrons. The number of ether oxygens (including phenoxy) is 2. The second-order valence-corrected chi connectivity index (χ2v) is 8.58. The van der Waals surface area contributed by atoms with E-state index in [9.17, 15) is 23.1 Å². The van der Waals surface area contributed by atoms with E-state index in [-0.39, 0.29) is 28.3 Å². The largest absolute Gasteiger partial charge is 0.573 e. The van der Waals surface area contributed by atoms with Gasteiger partial charge in [0, 0.05) is 17.3 Å². The van der Waals surface area contributed by atoms with Crippen LogP contribution in [0.3, 0.4) is 0 Å². The maximum atomic E-state index is 12.9. The summed E-state index contributed by atoms with van der Waals surface area (Å²) >= 11 is 7.17. The lowest BCUT2D eigenvalue weighted by Gasteiger charge is -2.18. The molecule has 1 N–H and O–H groups in total. The van der Waals surface area contributed by atoms with Crippen LogP contribution in [0.15, 0.2) is 63.6 Å². The number of aromatic nitrogens is 3. The molecule has 0 aliphatic rings. The van der Waals surface area contributed by atoms with Crippen LogP contribution in [0.1, 0.15) is 13.8 Å². The fourth-order valence-electron chi connectivity index (χ4n) is 2.39. The number of rotatable bonds is 7. The van der Waals surface area contributed by atoms with Crippen molar-refractivity contribution in [2.24, 2.45) is 0 Å². The van der Waals surface area contributed by atoms with Crippen LogP contribution in [0.4, 0.5) is 13.2 Å². The third-order valence-corrected chi connectivity index (χ3v) is 4.97. The molecular formula is C20H17ClF3N3O4S. The number of pyridine rings is 1. The summed E-state index contributed by atoms with van der Waals surface area (Å²) in [5.74, 6) is -0.261. The Labute approximate surface area is 189 Å². The number of nitrogens with zero attached hydrogens (tertiary/aromatic N) is 3. The second kappa shape index (κ2) is 9.39. The summed E-state index contributed by atoms with van der Waals surface area (Å²) < 4.78 is 47.3. The highest BCUT2D eigenvalue weighted by atomic mass is 35.5. The normalized spacial score (nSPS) is 12.0. The van der Waals surface area contributed by atoms with E-state index in [4.69, 9.17) is 16.3 Å². The van der Waals surface area contributed by atoms with Crippen LogP contribution in [0.25, 0.3) is 5.69 Å². The summed E-state index contributed by atoms with van der Waals surface area (Å²) in [5.41, 5.74) is -1.19. The summed E-state index contributed by atoms with van der Waals surface area (Å²) in [6, 6.07) is 6.54. The van der Waals surface area contributed by atoms with Gasteiger partial charge in [0.25, 0.3) is 5.56 Å². The Kier molecular flexibility index (Phi) is 7.01.